The summed E-state index contributed by atoms with van der Waals surface area (Å²) in [6, 6.07) is 12.2. The van der Waals surface area contributed by atoms with Gasteiger partial charge in [-0.15, -0.1) is 0 Å². The van der Waals surface area contributed by atoms with E-state index < -0.39 is 29.4 Å². The van der Waals surface area contributed by atoms with Gasteiger partial charge in [0.2, 0.25) is 0 Å². The summed E-state index contributed by atoms with van der Waals surface area (Å²) in [6.45, 7) is 1.64. The predicted octanol–water partition coefficient (Wildman–Crippen LogP) is 4.30. The average molecular weight is 446 g/mol. The van der Waals surface area contributed by atoms with Crippen molar-refractivity contribution < 1.29 is 27.9 Å². The third-order valence-electron chi connectivity index (χ3n) is 5.61. The molecular weight excluding hydrogens is 430 g/mol. The average Bonchev–Trinajstić information content (AvgIpc) is 2.83. The first kappa shape index (κ1) is 20.7. The van der Waals surface area contributed by atoms with Gasteiger partial charge >= 0.3 is 5.97 Å². The zero-order chi connectivity index (χ0) is 23.3. The lowest BCUT2D eigenvalue weighted by molar-refractivity contribution is -0.139. The molecule has 5 rings (SSSR count). The second-order valence-electron chi connectivity index (χ2n) is 7.56. The van der Waals surface area contributed by atoms with Crippen LogP contribution < -0.4 is 4.90 Å². The molecule has 0 fully saturated rings. The molecule has 2 aromatic rings. The Hall–Kier alpha value is -4.20. The first-order chi connectivity index (χ1) is 15.9. The minimum absolute atomic E-state index is 0.0447. The molecule has 1 unspecified atom stereocenters. The fourth-order valence-corrected chi connectivity index (χ4v) is 4.10. The number of carbonyl (C=O) groups excluding carboxylic acids is 3. The molecule has 0 bridgehead atoms. The van der Waals surface area contributed by atoms with Crippen LogP contribution >= 0.6 is 0 Å². The number of halogens is 2. The normalized spacial score (nSPS) is 18.6. The summed E-state index contributed by atoms with van der Waals surface area (Å²) in [5, 5.41) is 0. The first-order valence-corrected chi connectivity index (χ1v) is 10.2. The van der Waals surface area contributed by atoms with E-state index in [-0.39, 0.29) is 34.9 Å². The Morgan fingerprint density at radius 3 is 2.58 bits per heavy atom. The number of Topliss-reactive ketones (excluding diaryl/α,β-unsaturated/α-hetero) is 1. The lowest BCUT2D eigenvalue weighted by Crippen LogP contribution is -2.49. The quantitative estimate of drug-likeness (QED) is 0.398. The monoisotopic (exact) mass is 446 g/mol. The summed E-state index contributed by atoms with van der Waals surface area (Å²) in [7, 11) is 0. The number of rotatable bonds is 4. The molecule has 0 saturated carbocycles. The molecule has 0 radical (unpaired) electrons. The molecule has 1 atom stereocenters. The third kappa shape index (κ3) is 3.22. The van der Waals surface area contributed by atoms with Crippen molar-refractivity contribution in [1.82, 2.24) is 0 Å². The molecule has 1 aliphatic carbocycles. The summed E-state index contributed by atoms with van der Waals surface area (Å²) in [4.78, 5) is 43.9. The van der Waals surface area contributed by atoms with Gasteiger partial charge in [-0.3, -0.25) is 9.59 Å². The fraction of sp³-hybridized carbons (Fsp3) is 0.120. The van der Waals surface area contributed by atoms with Crippen LogP contribution in [0.2, 0.25) is 0 Å². The van der Waals surface area contributed by atoms with Gasteiger partial charge in [0.1, 0.15) is 17.3 Å². The fourth-order valence-electron chi connectivity index (χ4n) is 4.10. The van der Waals surface area contributed by atoms with Crippen LogP contribution in [0.15, 0.2) is 88.6 Å². The molecule has 0 saturated heterocycles. The van der Waals surface area contributed by atoms with Gasteiger partial charge in [0, 0.05) is 22.9 Å². The maximum Gasteiger partial charge on any atom is 0.343 e. The van der Waals surface area contributed by atoms with E-state index >= 15 is 0 Å². The summed E-state index contributed by atoms with van der Waals surface area (Å²) in [6.07, 6.45) is 2.06. The molecule has 6 nitrogen and oxygen atoms in total. The van der Waals surface area contributed by atoms with Crippen molar-refractivity contribution in [1.29, 1.82) is 0 Å². The highest BCUT2D eigenvalue weighted by Crippen LogP contribution is 2.44. The summed E-state index contributed by atoms with van der Waals surface area (Å²) in [5.74, 6) is -4.31. The number of carbonyl (C=O) groups is 3. The number of hydrogen-bond donors (Lipinski definition) is 0. The van der Waals surface area contributed by atoms with Crippen molar-refractivity contribution in [2.75, 3.05) is 11.5 Å². The molecule has 2 aliphatic heterocycles. The Balaban J connectivity index is 1.67. The van der Waals surface area contributed by atoms with Crippen molar-refractivity contribution >= 4 is 34.6 Å². The van der Waals surface area contributed by atoms with Crippen molar-refractivity contribution in [2.45, 2.75) is 13.0 Å². The van der Waals surface area contributed by atoms with Gasteiger partial charge in [-0.25, -0.2) is 18.6 Å². The van der Waals surface area contributed by atoms with Gasteiger partial charge < -0.3 is 9.64 Å². The van der Waals surface area contributed by atoms with Crippen LogP contribution in [0.4, 0.5) is 20.2 Å². The molecule has 0 amide bonds. The van der Waals surface area contributed by atoms with Crippen molar-refractivity contribution in [3.8, 4) is 0 Å². The second-order valence-corrected chi connectivity index (χ2v) is 7.56. The van der Waals surface area contributed by atoms with Crippen molar-refractivity contribution in [3.63, 3.8) is 0 Å². The number of ether oxygens (including phenoxy) is 1. The largest absolute Gasteiger partial charge is 0.462 e. The molecule has 8 heteroatoms. The number of ketones is 2. The standard InChI is InChI=1S/C25H16F2N2O4/c1-2-33-25(32)16-12-29-19-9-8-14(23(30)13-6-4-3-5-7-13)10-18(19)28-21-20(27)17(26)11-15(22(21)29)24(16)31/h3-12,22H,2H2,1H3. The van der Waals surface area contributed by atoms with Gasteiger partial charge in [-0.1, -0.05) is 30.3 Å². The number of esters is 1. The Kier molecular flexibility index (Phi) is 4.85. The Morgan fingerprint density at radius 1 is 1.09 bits per heavy atom. The van der Waals surface area contributed by atoms with Gasteiger partial charge in [0.25, 0.3) is 0 Å². The number of nitrogens with zero attached hydrogens (tertiary/aromatic N) is 2. The van der Waals surface area contributed by atoms with Crippen LogP contribution in [-0.4, -0.2) is 35.9 Å². The SMILES string of the molecule is CCOC(=O)C1=CN2c3ccc(C(=O)c4ccccc4)cc3N=C3C(F)=C(F)C=C(C1=O)C32. The van der Waals surface area contributed by atoms with E-state index in [0.29, 0.717) is 16.8 Å². The minimum Gasteiger partial charge on any atom is -0.462 e. The zero-order valence-electron chi connectivity index (χ0n) is 17.3. The van der Waals surface area contributed by atoms with E-state index in [0.717, 1.165) is 6.08 Å². The van der Waals surface area contributed by atoms with Gasteiger partial charge in [-0.2, -0.15) is 0 Å². The van der Waals surface area contributed by atoms with Crippen molar-refractivity contribution in [2.24, 2.45) is 4.99 Å². The van der Waals surface area contributed by atoms with Crippen LogP contribution in [0.3, 0.4) is 0 Å². The molecule has 164 valence electrons. The smallest absolute Gasteiger partial charge is 0.343 e. The van der Waals surface area contributed by atoms with Gasteiger partial charge in [0.05, 0.1) is 18.0 Å². The first-order valence-electron chi connectivity index (χ1n) is 10.2. The molecule has 0 aromatic heterocycles. The highest BCUT2D eigenvalue weighted by molar-refractivity contribution is 6.30. The number of anilines is 1. The minimum atomic E-state index is -1.25. The van der Waals surface area contributed by atoms with Gasteiger partial charge in [0.15, 0.2) is 23.2 Å². The maximum absolute atomic E-state index is 14.8. The molecule has 3 aliphatic rings. The summed E-state index contributed by atoms with van der Waals surface area (Å²) in [5.41, 5.74) is 0.701. The van der Waals surface area contributed by atoms with Crippen molar-refractivity contribution in [3.05, 3.63) is 94.7 Å². The number of fused-ring (bicyclic) bond motifs is 2. The van der Waals surface area contributed by atoms with E-state index in [2.05, 4.69) is 4.99 Å². The summed E-state index contributed by atoms with van der Waals surface area (Å²) < 4.78 is 34.1. The zero-order valence-corrected chi connectivity index (χ0v) is 17.3. The van der Waals surface area contributed by atoms with Gasteiger partial charge in [-0.05, 0) is 31.2 Å². The number of hydrogen-bond acceptors (Lipinski definition) is 6. The number of aliphatic imine (C=N–C) groups is 1. The van der Waals surface area contributed by atoms with E-state index in [1.54, 1.807) is 49.4 Å². The Bertz CT molecular complexity index is 1360. The molecule has 2 aromatic carbocycles. The predicted molar refractivity (Wildman–Crippen MR) is 117 cm³/mol. The number of benzene rings is 2. The van der Waals surface area contributed by atoms with E-state index in [1.807, 2.05) is 0 Å². The van der Waals surface area contributed by atoms with E-state index in [4.69, 9.17) is 4.74 Å². The highest BCUT2D eigenvalue weighted by atomic mass is 19.2. The topological polar surface area (TPSA) is 76.0 Å². The second kappa shape index (κ2) is 7.74. The van der Waals surface area contributed by atoms with E-state index in [1.165, 1.54) is 17.2 Å². The summed E-state index contributed by atoms with van der Waals surface area (Å²) >= 11 is 0. The molecule has 33 heavy (non-hydrogen) atoms. The third-order valence-corrected chi connectivity index (χ3v) is 5.61. The maximum atomic E-state index is 14.8. The lowest BCUT2D eigenvalue weighted by atomic mass is 9.84. The van der Waals surface area contributed by atoms with Crippen LogP contribution in [0.1, 0.15) is 22.8 Å². The van der Waals surface area contributed by atoms with Crippen LogP contribution in [-0.2, 0) is 14.3 Å². The molecule has 0 spiro atoms. The highest BCUT2D eigenvalue weighted by Gasteiger charge is 2.46. The van der Waals surface area contributed by atoms with Crippen LogP contribution in [0.25, 0.3) is 0 Å². The molecule has 0 N–H and O–H groups in total. The molecular formula is C25H16F2N2O4. The lowest BCUT2D eigenvalue weighted by Gasteiger charge is -2.40. The van der Waals surface area contributed by atoms with Crippen LogP contribution in [0, 0.1) is 0 Å². The molecule has 2 heterocycles. The van der Waals surface area contributed by atoms with Crippen LogP contribution in [0.5, 0.6) is 0 Å². The Morgan fingerprint density at radius 2 is 1.85 bits per heavy atom. The van der Waals surface area contributed by atoms with E-state index in [9.17, 15) is 23.2 Å². The Labute approximate surface area is 187 Å². The number of allylic oxidation sites excluding steroid dienone is 2.